The number of carbonyl (C=O) groups excluding carboxylic acids is 1. The fourth-order valence-corrected chi connectivity index (χ4v) is 3.26. The van der Waals surface area contributed by atoms with E-state index in [9.17, 15) is 18.0 Å². The summed E-state index contributed by atoms with van der Waals surface area (Å²) in [5.74, 6) is -2.26. The second-order valence-electron chi connectivity index (χ2n) is 6.12. The maximum Gasteiger partial charge on any atom is 0.251 e. The third-order valence-electron chi connectivity index (χ3n) is 4.50. The zero-order chi connectivity index (χ0) is 18.4. The molecule has 0 atom stereocenters. The SMILES string of the molecule is Cc1nc(F)ccc1-c1cc(-c2ccc(F)cc2F)cc2c1CNC2=O. The summed E-state index contributed by atoms with van der Waals surface area (Å²) in [6.07, 6.45) is 0. The number of carbonyl (C=O) groups is 1. The van der Waals surface area contributed by atoms with Gasteiger partial charge in [-0.05, 0) is 60.0 Å². The molecule has 0 aliphatic carbocycles. The molecule has 2 aromatic carbocycles. The molecule has 0 fully saturated rings. The molecule has 0 unspecified atom stereocenters. The molecule has 0 bridgehead atoms. The maximum absolute atomic E-state index is 14.2. The molecule has 130 valence electrons. The average molecular weight is 354 g/mol. The molecule has 6 heteroatoms. The van der Waals surface area contributed by atoms with Crippen molar-refractivity contribution in [1.82, 2.24) is 10.3 Å². The summed E-state index contributed by atoms with van der Waals surface area (Å²) in [7, 11) is 0. The number of pyridine rings is 1. The summed E-state index contributed by atoms with van der Waals surface area (Å²) in [5, 5.41) is 2.74. The molecule has 1 N–H and O–H groups in total. The Balaban J connectivity index is 1.98. The number of benzene rings is 2. The molecule has 1 amide bonds. The van der Waals surface area contributed by atoms with Crippen LogP contribution in [0.4, 0.5) is 13.2 Å². The largest absolute Gasteiger partial charge is 0.348 e. The highest BCUT2D eigenvalue weighted by Crippen LogP contribution is 2.36. The predicted octanol–water partition coefficient (Wildman–Crippen LogP) is 4.38. The molecule has 2 heterocycles. The maximum atomic E-state index is 14.2. The standard InChI is InChI=1S/C20H13F3N2O/c1-10-13(4-5-19(23)25-10)15-6-11(7-16-17(15)9-24-20(16)26)14-3-2-12(21)8-18(14)22/h2-8H,9H2,1H3,(H,24,26). The minimum absolute atomic E-state index is 0.183. The van der Waals surface area contributed by atoms with Gasteiger partial charge >= 0.3 is 0 Å². The van der Waals surface area contributed by atoms with Gasteiger partial charge in [-0.15, -0.1) is 0 Å². The summed E-state index contributed by atoms with van der Waals surface area (Å²) < 4.78 is 40.9. The fraction of sp³-hybridized carbons (Fsp3) is 0.100. The Morgan fingerprint density at radius 3 is 2.38 bits per heavy atom. The topological polar surface area (TPSA) is 42.0 Å². The summed E-state index contributed by atoms with van der Waals surface area (Å²) in [5.41, 5.74) is 3.58. The number of halogens is 3. The molecule has 0 saturated heterocycles. The van der Waals surface area contributed by atoms with Crippen LogP contribution >= 0.6 is 0 Å². The summed E-state index contributed by atoms with van der Waals surface area (Å²) in [6, 6.07) is 9.42. The molecule has 1 aromatic heterocycles. The Bertz CT molecular complexity index is 1060. The van der Waals surface area contributed by atoms with Crippen LogP contribution in [-0.4, -0.2) is 10.9 Å². The van der Waals surface area contributed by atoms with E-state index in [-0.39, 0.29) is 11.5 Å². The molecule has 0 saturated carbocycles. The number of hydrogen-bond acceptors (Lipinski definition) is 2. The van der Waals surface area contributed by atoms with Gasteiger partial charge in [0, 0.05) is 35.0 Å². The number of amides is 1. The lowest BCUT2D eigenvalue weighted by Gasteiger charge is -2.13. The van der Waals surface area contributed by atoms with Gasteiger partial charge in [0.1, 0.15) is 11.6 Å². The van der Waals surface area contributed by atoms with E-state index < -0.39 is 17.6 Å². The molecule has 1 aliphatic heterocycles. The van der Waals surface area contributed by atoms with E-state index in [0.717, 1.165) is 17.7 Å². The number of aryl methyl sites for hydroxylation is 1. The van der Waals surface area contributed by atoms with Crippen molar-refractivity contribution in [2.45, 2.75) is 13.5 Å². The van der Waals surface area contributed by atoms with Gasteiger partial charge in [-0.1, -0.05) is 0 Å². The first-order valence-corrected chi connectivity index (χ1v) is 7.98. The summed E-state index contributed by atoms with van der Waals surface area (Å²) in [4.78, 5) is 16.0. The molecular weight excluding hydrogens is 341 g/mol. The van der Waals surface area contributed by atoms with Gasteiger partial charge in [0.15, 0.2) is 0 Å². The van der Waals surface area contributed by atoms with E-state index in [1.165, 1.54) is 12.1 Å². The van der Waals surface area contributed by atoms with E-state index in [4.69, 9.17) is 0 Å². The summed E-state index contributed by atoms with van der Waals surface area (Å²) in [6.45, 7) is 1.99. The minimum Gasteiger partial charge on any atom is -0.348 e. The first-order valence-electron chi connectivity index (χ1n) is 7.98. The zero-order valence-corrected chi connectivity index (χ0v) is 13.7. The lowest BCUT2D eigenvalue weighted by Crippen LogP contribution is -2.12. The van der Waals surface area contributed by atoms with Gasteiger partial charge < -0.3 is 5.32 Å². The van der Waals surface area contributed by atoms with Crippen molar-refractivity contribution in [3.05, 3.63) is 76.9 Å². The molecular formula is C20H13F3N2O. The highest BCUT2D eigenvalue weighted by atomic mass is 19.1. The van der Waals surface area contributed by atoms with E-state index in [1.807, 2.05) is 0 Å². The third kappa shape index (κ3) is 2.63. The van der Waals surface area contributed by atoms with Crippen LogP contribution in [0.3, 0.4) is 0 Å². The van der Waals surface area contributed by atoms with E-state index in [2.05, 4.69) is 10.3 Å². The molecule has 3 aromatic rings. The Hall–Kier alpha value is -3.15. The number of aromatic nitrogens is 1. The van der Waals surface area contributed by atoms with Gasteiger partial charge in [0.25, 0.3) is 5.91 Å². The van der Waals surface area contributed by atoms with Crippen molar-refractivity contribution in [2.24, 2.45) is 0 Å². The first kappa shape index (κ1) is 16.3. The average Bonchev–Trinajstić information content (AvgIpc) is 2.96. The molecule has 3 nitrogen and oxygen atoms in total. The van der Waals surface area contributed by atoms with Gasteiger partial charge in [0.2, 0.25) is 5.95 Å². The van der Waals surface area contributed by atoms with Gasteiger partial charge in [-0.2, -0.15) is 4.39 Å². The van der Waals surface area contributed by atoms with Crippen LogP contribution in [0.2, 0.25) is 0 Å². The smallest absolute Gasteiger partial charge is 0.251 e. The fourth-order valence-electron chi connectivity index (χ4n) is 3.26. The van der Waals surface area contributed by atoms with E-state index >= 15 is 0 Å². The Morgan fingerprint density at radius 2 is 1.65 bits per heavy atom. The Morgan fingerprint density at radius 1 is 0.923 bits per heavy atom. The van der Waals surface area contributed by atoms with E-state index in [1.54, 1.807) is 25.1 Å². The quantitative estimate of drug-likeness (QED) is 0.694. The van der Waals surface area contributed by atoms with Gasteiger partial charge in [-0.3, -0.25) is 4.79 Å². The lowest BCUT2D eigenvalue weighted by molar-refractivity contribution is 0.0966. The van der Waals surface area contributed by atoms with Crippen molar-refractivity contribution in [1.29, 1.82) is 0 Å². The number of nitrogens with zero attached hydrogens (tertiary/aromatic N) is 1. The number of fused-ring (bicyclic) bond motifs is 1. The van der Waals surface area contributed by atoms with Crippen molar-refractivity contribution in [3.63, 3.8) is 0 Å². The lowest BCUT2D eigenvalue weighted by atomic mass is 9.91. The Labute approximate surface area is 147 Å². The highest BCUT2D eigenvalue weighted by molar-refractivity contribution is 6.02. The second-order valence-corrected chi connectivity index (χ2v) is 6.12. The molecule has 26 heavy (non-hydrogen) atoms. The molecule has 0 spiro atoms. The third-order valence-corrected chi connectivity index (χ3v) is 4.50. The normalized spacial score (nSPS) is 12.8. The molecule has 0 radical (unpaired) electrons. The highest BCUT2D eigenvalue weighted by Gasteiger charge is 2.25. The van der Waals surface area contributed by atoms with Crippen LogP contribution in [0, 0.1) is 24.5 Å². The van der Waals surface area contributed by atoms with Crippen molar-refractivity contribution < 1.29 is 18.0 Å². The first-order chi connectivity index (χ1) is 12.4. The zero-order valence-electron chi connectivity index (χ0n) is 13.7. The van der Waals surface area contributed by atoms with Crippen LogP contribution < -0.4 is 5.32 Å². The van der Waals surface area contributed by atoms with Crippen LogP contribution in [0.5, 0.6) is 0 Å². The van der Waals surface area contributed by atoms with Crippen LogP contribution in [-0.2, 0) is 6.54 Å². The number of hydrogen-bond donors (Lipinski definition) is 1. The van der Waals surface area contributed by atoms with Crippen LogP contribution in [0.25, 0.3) is 22.3 Å². The minimum atomic E-state index is -0.719. The van der Waals surface area contributed by atoms with E-state index in [0.29, 0.717) is 34.5 Å². The Kier molecular flexibility index (Phi) is 3.76. The van der Waals surface area contributed by atoms with Crippen molar-refractivity contribution >= 4 is 5.91 Å². The number of rotatable bonds is 2. The van der Waals surface area contributed by atoms with Crippen molar-refractivity contribution in [2.75, 3.05) is 0 Å². The van der Waals surface area contributed by atoms with Crippen molar-refractivity contribution in [3.8, 4) is 22.3 Å². The molecule has 1 aliphatic rings. The van der Waals surface area contributed by atoms with Crippen LogP contribution in [0.1, 0.15) is 21.6 Å². The van der Waals surface area contributed by atoms with Crippen LogP contribution in [0.15, 0.2) is 42.5 Å². The molecule has 4 rings (SSSR count). The predicted molar refractivity (Wildman–Crippen MR) is 90.9 cm³/mol. The van der Waals surface area contributed by atoms with Gasteiger partial charge in [-0.25, -0.2) is 13.8 Å². The monoisotopic (exact) mass is 354 g/mol. The number of nitrogens with one attached hydrogen (secondary N) is 1. The summed E-state index contributed by atoms with van der Waals surface area (Å²) >= 11 is 0. The second kappa shape index (κ2) is 5.98. The van der Waals surface area contributed by atoms with Gasteiger partial charge in [0.05, 0.1) is 0 Å².